The molecule has 0 saturated carbocycles. The minimum atomic E-state index is -0.386. The highest BCUT2D eigenvalue weighted by molar-refractivity contribution is 9.09. The molecule has 3 rings (SSSR count). The van der Waals surface area contributed by atoms with Crippen molar-refractivity contribution < 1.29 is 8.78 Å². The van der Waals surface area contributed by atoms with Crippen molar-refractivity contribution in [3.63, 3.8) is 0 Å². The van der Waals surface area contributed by atoms with Crippen molar-refractivity contribution in [1.29, 1.82) is 0 Å². The second-order valence-electron chi connectivity index (χ2n) is 4.67. The first-order chi connectivity index (χ1) is 9.56. The molecule has 20 heavy (non-hydrogen) atoms. The lowest BCUT2D eigenvalue weighted by atomic mass is 10.1. The van der Waals surface area contributed by atoms with Gasteiger partial charge in [-0.3, -0.25) is 0 Å². The molecule has 0 N–H and O–H groups in total. The average Bonchev–Trinajstić information content (AvgIpc) is 2.86. The standard InChI is InChI=1S/C16H11BrF2S/c1-9-6-13(19)11(8-12(9)18)16(17)15-7-10-4-2-3-5-14(10)20-15/h2-8,16H,1H3. The summed E-state index contributed by atoms with van der Waals surface area (Å²) in [6.07, 6.45) is 0. The Balaban J connectivity index is 2.07. The maximum Gasteiger partial charge on any atom is 0.128 e. The predicted molar refractivity (Wildman–Crippen MR) is 83.7 cm³/mol. The normalized spacial score (nSPS) is 12.8. The fourth-order valence-corrected chi connectivity index (χ4v) is 3.96. The zero-order chi connectivity index (χ0) is 14.3. The van der Waals surface area contributed by atoms with Crippen LogP contribution in [0.25, 0.3) is 10.1 Å². The highest BCUT2D eigenvalue weighted by atomic mass is 79.9. The Morgan fingerprint density at radius 2 is 1.80 bits per heavy atom. The van der Waals surface area contributed by atoms with Gasteiger partial charge in [-0.1, -0.05) is 34.1 Å². The molecule has 0 aliphatic heterocycles. The van der Waals surface area contributed by atoms with Gasteiger partial charge in [-0.15, -0.1) is 11.3 Å². The topological polar surface area (TPSA) is 0 Å². The number of rotatable bonds is 2. The molecule has 0 bridgehead atoms. The van der Waals surface area contributed by atoms with Crippen LogP contribution in [0.5, 0.6) is 0 Å². The molecule has 102 valence electrons. The molecule has 0 nitrogen and oxygen atoms in total. The Hall–Kier alpha value is -1.26. The van der Waals surface area contributed by atoms with Crippen LogP contribution in [-0.4, -0.2) is 0 Å². The molecule has 0 spiro atoms. The number of benzene rings is 2. The zero-order valence-corrected chi connectivity index (χ0v) is 13.1. The Labute approximate surface area is 128 Å². The van der Waals surface area contributed by atoms with E-state index in [-0.39, 0.29) is 16.5 Å². The van der Waals surface area contributed by atoms with E-state index in [4.69, 9.17) is 0 Å². The summed E-state index contributed by atoms with van der Waals surface area (Å²) in [7, 11) is 0. The lowest BCUT2D eigenvalue weighted by Crippen LogP contribution is -1.97. The van der Waals surface area contributed by atoms with Gasteiger partial charge >= 0.3 is 0 Å². The number of alkyl halides is 1. The van der Waals surface area contributed by atoms with Gasteiger partial charge in [0.1, 0.15) is 11.6 Å². The molecule has 1 aromatic heterocycles. The first kappa shape index (κ1) is 13.7. The van der Waals surface area contributed by atoms with Gasteiger partial charge in [0.05, 0.1) is 4.83 Å². The van der Waals surface area contributed by atoms with Gasteiger partial charge < -0.3 is 0 Å². The molecule has 0 radical (unpaired) electrons. The van der Waals surface area contributed by atoms with Crippen molar-refractivity contribution in [1.82, 2.24) is 0 Å². The molecule has 3 aromatic rings. The van der Waals surface area contributed by atoms with Crippen molar-refractivity contribution in [3.05, 3.63) is 70.1 Å². The monoisotopic (exact) mass is 352 g/mol. The minimum Gasteiger partial charge on any atom is -0.207 e. The summed E-state index contributed by atoms with van der Waals surface area (Å²) >= 11 is 5.07. The van der Waals surface area contributed by atoms with E-state index in [1.807, 2.05) is 30.3 Å². The van der Waals surface area contributed by atoms with E-state index in [0.717, 1.165) is 15.0 Å². The van der Waals surface area contributed by atoms with Crippen LogP contribution in [0.4, 0.5) is 8.78 Å². The van der Waals surface area contributed by atoms with E-state index in [1.165, 1.54) is 12.1 Å². The Morgan fingerprint density at radius 3 is 2.55 bits per heavy atom. The van der Waals surface area contributed by atoms with Crippen molar-refractivity contribution in [3.8, 4) is 0 Å². The first-order valence-corrected chi connectivity index (χ1v) is 7.87. The quantitative estimate of drug-likeness (QED) is 0.498. The molecular weight excluding hydrogens is 342 g/mol. The van der Waals surface area contributed by atoms with Crippen molar-refractivity contribution in [2.45, 2.75) is 11.8 Å². The second kappa shape index (κ2) is 5.26. The van der Waals surface area contributed by atoms with Crippen LogP contribution < -0.4 is 0 Å². The maximum absolute atomic E-state index is 14.0. The lowest BCUT2D eigenvalue weighted by molar-refractivity contribution is 0.581. The molecule has 0 amide bonds. The van der Waals surface area contributed by atoms with Gasteiger partial charge in [0.15, 0.2) is 0 Å². The summed E-state index contributed by atoms with van der Waals surface area (Å²) in [6.45, 7) is 1.56. The van der Waals surface area contributed by atoms with Crippen LogP contribution in [-0.2, 0) is 0 Å². The Bertz CT molecular complexity index is 746. The molecule has 0 saturated heterocycles. The molecule has 1 unspecified atom stereocenters. The van der Waals surface area contributed by atoms with Gasteiger partial charge in [-0.2, -0.15) is 0 Å². The highest BCUT2D eigenvalue weighted by Crippen LogP contribution is 2.39. The van der Waals surface area contributed by atoms with Crippen molar-refractivity contribution in [2.24, 2.45) is 0 Å². The van der Waals surface area contributed by atoms with Gasteiger partial charge in [0.2, 0.25) is 0 Å². The number of halogens is 3. The van der Waals surface area contributed by atoms with E-state index < -0.39 is 0 Å². The molecule has 2 aromatic carbocycles. The molecule has 1 atom stereocenters. The number of aryl methyl sites for hydroxylation is 1. The minimum absolute atomic E-state index is 0.322. The number of fused-ring (bicyclic) bond motifs is 1. The SMILES string of the molecule is Cc1cc(F)c(C(Br)c2cc3ccccc3s2)cc1F. The Morgan fingerprint density at radius 1 is 1.05 bits per heavy atom. The van der Waals surface area contributed by atoms with E-state index in [0.29, 0.717) is 11.1 Å². The fourth-order valence-electron chi connectivity index (χ4n) is 2.14. The molecule has 1 heterocycles. The molecule has 0 aliphatic rings. The summed E-state index contributed by atoms with van der Waals surface area (Å²) in [5, 5.41) is 1.12. The summed E-state index contributed by atoms with van der Waals surface area (Å²) in [4.78, 5) is 0.628. The van der Waals surface area contributed by atoms with Gasteiger partial charge in [0, 0.05) is 15.1 Å². The van der Waals surface area contributed by atoms with Crippen LogP contribution in [0, 0.1) is 18.6 Å². The second-order valence-corrected chi connectivity index (χ2v) is 6.70. The van der Waals surface area contributed by atoms with Crippen LogP contribution in [0.2, 0.25) is 0 Å². The molecule has 0 aliphatic carbocycles. The van der Waals surface area contributed by atoms with Crippen LogP contribution >= 0.6 is 27.3 Å². The summed E-state index contributed by atoms with van der Waals surface area (Å²) in [5.41, 5.74) is 0.655. The van der Waals surface area contributed by atoms with E-state index >= 15 is 0 Å². The fraction of sp³-hybridized carbons (Fsp3) is 0.125. The van der Waals surface area contributed by atoms with Gasteiger partial charge in [-0.05, 0) is 42.1 Å². The zero-order valence-electron chi connectivity index (χ0n) is 10.7. The van der Waals surface area contributed by atoms with Crippen LogP contribution in [0.1, 0.15) is 20.8 Å². The van der Waals surface area contributed by atoms with Crippen molar-refractivity contribution >= 4 is 37.4 Å². The number of thiophene rings is 1. The molecule has 0 fully saturated rings. The molecular formula is C16H11BrF2S. The van der Waals surface area contributed by atoms with Crippen molar-refractivity contribution in [2.75, 3.05) is 0 Å². The Kier molecular flexibility index (Phi) is 3.61. The van der Waals surface area contributed by atoms with E-state index in [2.05, 4.69) is 15.9 Å². The smallest absolute Gasteiger partial charge is 0.128 e. The summed E-state index contributed by atoms with van der Waals surface area (Å²) in [5.74, 6) is -0.768. The third-order valence-corrected chi connectivity index (χ3v) is 5.72. The van der Waals surface area contributed by atoms with E-state index in [1.54, 1.807) is 18.3 Å². The predicted octanol–water partition coefficient (Wildman–Crippen LogP) is 5.97. The number of hydrogen-bond donors (Lipinski definition) is 0. The summed E-state index contributed by atoms with van der Waals surface area (Å²) < 4.78 is 28.8. The average molecular weight is 353 g/mol. The van der Waals surface area contributed by atoms with Crippen LogP contribution in [0.3, 0.4) is 0 Å². The third-order valence-electron chi connectivity index (χ3n) is 3.25. The maximum atomic E-state index is 14.0. The third kappa shape index (κ3) is 2.38. The largest absolute Gasteiger partial charge is 0.207 e. The molecule has 4 heteroatoms. The van der Waals surface area contributed by atoms with Crippen LogP contribution in [0.15, 0.2) is 42.5 Å². The number of hydrogen-bond acceptors (Lipinski definition) is 1. The van der Waals surface area contributed by atoms with Gasteiger partial charge in [-0.25, -0.2) is 8.78 Å². The highest BCUT2D eigenvalue weighted by Gasteiger charge is 2.19. The van der Waals surface area contributed by atoms with E-state index in [9.17, 15) is 8.78 Å². The first-order valence-electron chi connectivity index (χ1n) is 6.14. The summed E-state index contributed by atoms with van der Waals surface area (Å²) in [6, 6.07) is 12.5. The van der Waals surface area contributed by atoms with Gasteiger partial charge in [0.25, 0.3) is 0 Å². The lowest BCUT2D eigenvalue weighted by Gasteiger charge is -2.10.